The van der Waals surface area contributed by atoms with Crippen LogP contribution in [-0.4, -0.2) is 37.0 Å². The second kappa shape index (κ2) is 7.11. The molecule has 0 aliphatic heterocycles. The van der Waals surface area contributed by atoms with Crippen molar-refractivity contribution in [3.63, 3.8) is 0 Å². The van der Waals surface area contributed by atoms with E-state index in [0.29, 0.717) is 16.7 Å². The van der Waals surface area contributed by atoms with Crippen LogP contribution in [0.3, 0.4) is 0 Å². The van der Waals surface area contributed by atoms with Gasteiger partial charge >= 0.3 is 5.97 Å². The molecule has 2 aromatic carbocycles. The summed E-state index contributed by atoms with van der Waals surface area (Å²) in [6.07, 6.45) is 2.93. The maximum atomic E-state index is 11.8. The molecule has 1 aromatic heterocycles. The molecule has 1 aliphatic carbocycles. The van der Waals surface area contributed by atoms with Crippen LogP contribution >= 0.6 is 0 Å². The number of aliphatic carboxylic acids is 1. The Morgan fingerprint density at radius 3 is 2.73 bits per heavy atom. The van der Waals surface area contributed by atoms with Crippen LogP contribution in [0.4, 0.5) is 0 Å². The normalized spacial score (nSPS) is 12.3. The Morgan fingerprint density at radius 2 is 2.04 bits per heavy atom. The van der Waals surface area contributed by atoms with Gasteiger partial charge in [-0.25, -0.2) is 4.79 Å². The third-order valence-corrected chi connectivity index (χ3v) is 4.55. The number of benzene rings is 2. The fraction of sp³-hybridized carbons (Fsp3) is 0.263. The molecule has 0 bridgehead atoms. The first-order chi connectivity index (χ1) is 11.6. The molecule has 0 saturated heterocycles. The third kappa shape index (κ3) is 2.89. The Bertz CT molecular complexity index is 1020. The molecule has 0 saturated carbocycles. The number of amides is 1. The number of carboxylic acids is 1. The molecule has 7 heteroatoms. The van der Waals surface area contributed by atoms with Crippen molar-refractivity contribution in [2.45, 2.75) is 26.7 Å². The first-order valence-corrected chi connectivity index (χ1v) is 7.80. The molecule has 1 amide bonds. The monoisotopic (exact) mass is 354 g/mol. The van der Waals surface area contributed by atoms with E-state index in [1.54, 1.807) is 12.1 Å². The maximum absolute atomic E-state index is 11.8. The number of aromatic nitrogens is 1. The summed E-state index contributed by atoms with van der Waals surface area (Å²) in [7, 11) is 0. The van der Waals surface area contributed by atoms with Crippen LogP contribution in [0.25, 0.3) is 21.8 Å². The lowest BCUT2D eigenvalue weighted by Gasteiger charge is -2.10. The summed E-state index contributed by atoms with van der Waals surface area (Å²) in [5.41, 5.74) is 10.0. The van der Waals surface area contributed by atoms with Gasteiger partial charge in [0.2, 0.25) is 5.91 Å². The van der Waals surface area contributed by atoms with E-state index in [1.165, 1.54) is 5.56 Å². The number of aromatic amines is 1. The van der Waals surface area contributed by atoms with Crippen molar-refractivity contribution in [1.82, 2.24) is 4.98 Å². The zero-order valence-corrected chi connectivity index (χ0v) is 13.5. The third-order valence-electron chi connectivity index (χ3n) is 4.55. The SMILES string of the molecule is C.NC(=O)c1cccc2[nH]c3c4c(cc(OCC(=O)O)c3c12)CCC4.[2HH].[B]. The van der Waals surface area contributed by atoms with Gasteiger partial charge in [-0.3, -0.25) is 4.79 Å². The van der Waals surface area contributed by atoms with Crippen LogP contribution in [0.2, 0.25) is 0 Å². The number of ether oxygens (including phenoxy) is 1. The molecular formula is C19H22BN2O4. The van der Waals surface area contributed by atoms with Gasteiger partial charge in [-0.1, -0.05) is 13.5 Å². The van der Waals surface area contributed by atoms with Crippen LogP contribution in [0.1, 0.15) is 36.8 Å². The molecule has 3 aromatic rings. The number of hydrogen-bond donors (Lipinski definition) is 3. The highest BCUT2D eigenvalue weighted by molar-refractivity contribution is 6.20. The standard InChI is InChI=1S/C18H16N2O4.CH4.B.H2/c19-18(23)11-5-2-6-12-15(11)16-13(24-8-14(21)22)7-9-3-1-4-10(9)17(16)20-12;;;/h2,5-7,20H,1,3-4,8H2,(H2,19,23)(H,21,22);1H4;;1H/i;;;1+1. The average Bonchev–Trinajstić information content (AvgIpc) is 3.15. The molecule has 0 atom stereocenters. The molecule has 6 nitrogen and oxygen atoms in total. The summed E-state index contributed by atoms with van der Waals surface area (Å²) in [6.45, 7) is -0.431. The highest BCUT2D eigenvalue weighted by Gasteiger charge is 2.23. The van der Waals surface area contributed by atoms with Gasteiger partial charge in [0.05, 0.1) is 10.9 Å². The zero-order chi connectivity index (χ0) is 16.8. The smallest absolute Gasteiger partial charge is 0.341 e. The molecule has 4 N–H and O–H groups in total. The second-order valence-corrected chi connectivity index (χ2v) is 6.02. The van der Waals surface area contributed by atoms with Crippen LogP contribution in [0.5, 0.6) is 5.75 Å². The minimum atomic E-state index is -1.04. The Kier molecular flexibility index (Phi) is 5.30. The Hall–Kier alpha value is -2.96. The summed E-state index contributed by atoms with van der Waals surface area (Å²) < 4.78 is 5.54. The molecule has 0 unspecified atom stereocenters. The van der Waals surface area contributed by atoms with E-state index in [-0.39, 0.29) is 17.3 Å². The van der Waals surface area contributed by atoms with E-state index in [4.69, 9.17) is 15.6 Å². The second-order valence-electron chi connectivity index (χ2n) is 6.02. The molecule has 4 rings (SSSR count). The number of nitrogens with one attached hydrogen (secondary N) is 1. The van der Waals surface area contributed by atoms with Gasteiger partial charge < -0.3 is 20.6 Å². The van der Waals surface area contributed by atoms with Crippen LogP contribution in [0, 0.1) is 0 Å². The molecule has 135 valence electrons. The highest BCUT2D eigenvalue weighted by atomic mass is 16.5. The van der Waals surface area contributed by atoms with Gasteiger partial charge in [0, 0.05) is 26.3 Å². The van der Waals surface area contributed by atoms with Crippen molar-refractivity contribution in [2.75, 3.05) is 6.61 Å². The van der Waals surface area contributed by atoms with E-state index in [9.17, 15) is 9.59 Å². The van der Waals surface area contributed by atoms with Gasteiger partial charge in [0.25, 0.3) is 0 Å². The number of primary amides is 1. The van der Waals surface area contributed by atoms with E-state index < -0.39 is 18.5 Å². The van der Waals surface area contributed by atoms with Gasteiger partial charge in [-0.15, -0.1) is 0 Å². The molecule has 1 aliphatic rings. The number of fused-ring (bicyclic) bond motifs is 5. The predicted octanol–water partition coefficient (Wildman–Crippen LogP) is 2.87. The zero-order valence-electron chi connectivity index (χ0n) is 13.5. The van der Waals surface area contributed by atoms with Gasteiger partial charge in [0.15, 0.2) is 6.61 Å². The Labute approximate surface area is 154 Å². The summed E-state index contributed by atoms with van der Waals surface area (Å²) >= 11 is 0. The summed E-state index contributed by atoms with van der Waals surface area (Å²) in [4.78, 5) is 26.1. The first kappa shape index (κ1) is 19.4. The van der Waals surface area contributed by atoms with Gasteiger partial charge in [-0.05, 0) is 48.6 Å². The molecule has 1 heterocycles. The van der Waals surface area contributed by atoms with Crippen molar-refractivity contribution < 1.29 is 20.9 Å². The first-order valence-electron chi connectivity index (χ1n) is 7.80. The number of hydrogen-bond acceptors (Lipinski definition) is 3. The number of nitrogens with two attached hydrogens (primary N) is 1. The number of aryl methyl sites for hydroxylation is 2. The van der Waals surface area contributed by atoms with Gasteiger partial charge in [-0.2, -0.15) is 0 Å². The molecule has 3 radical (unpaired) electrons. The molecule has 0 spiro atoms. The fourth-order valence-electron chi connectivity index (χ4n) is 3.62. The number of rotatable bonds is 4. The summed E-state index contributed by atoms with van der Waals surface area (Å²) in [5.74, 6) is -1.09. The lowest BCUT2D eigenvalue weighted by Crippen LogP contribution is -2.12. The number of carboxylic acid groups (broad SMARTS) is 1. The van der Waals surface area contributed by atoms with Crippen molar-refractivity contribution in [3.05, 3.63) is 41.0 Å². The molecular weight excluding hydrogens is 331 g/mol. The van der Waals surface area contributed by atoms with Crippen LogP contribution in [-0.2, 0) is 17.6 Å². The minimum absolute atomic E-state index is 0. The van der Waals surface area contributed by atoms with Crippen LogP contribution in [0.15, 0.2) is 24.3 Å². The molecule has 26 heavy (non-hydrogen) atoms. The Balaban J connectivity index is 0.00000121. The quantitative estimate of drug-likeness (QED) is 0.627. The summed E-state index contributed by atoms with van der Waals surface area (Å²) in [6, 6.07) is 7.23. The van der Waals surface area contributed by atoms with Crippen molar-refractivity contribution in [2.24, 2.45) is 5.73 Å². The highest BCUT2D eigenvalue weighted by Crippen LogP contribution is 2.41. The van der Waals surface area contributed by atoms with E-state index in [1.807, 2.05) is 12.1 Å². The predicted molar refractivity (Wildman–Crippen MR) is 104 cm³/mol. The lowest BCUT2D eigenvalue weighted by atomic mass is 10.0. The largest absolute Gasteiger partial charge is 0.481 e. The molecule has 0 fully saturated rings. The summed E-state index contributed by atoms with van der Waals surface area (Å²) in [5, 5.41) is 10.4. The van der Waals surface area contributed by atoms with Crippen molar-refractivity contribution in [1.29, 1.82) is 0 Å². The Morgan fingerprint density at radius 1 is 1.27 bits per heavy atom. The minimum Gasteiger partial charge on any atom is -0.481 e. The van der Waals surface area contributed by atoms with E-state index in [0.717, 1.165) is 41.2 Å². The lowest BCUT2D eigenvalue weighted by molar-refractivity contribution is -0.139. The topological polar surface area (TPSA) is 105 Å². The van der Waals surface area contributed by atoms with E-state index >= 15 is 0 Å². The van der Waals surface area contributed by atoms with E-state index in [2.05, 4.69) is 4.98 Å². The number of H-pyrrole nitrogens is 1. The van der Waals surface area contributed by atoms with Crippen molar-refractivity contribution in [3.8, 4) is 5.75 Å². The fourth-order valence-corrected chi connectivity index (χ4v) is 3.62. The van der Waals surface area contributed by atoms with Crippen molar-refractivity contribution >= 4 is 42.1 Å². The average molecular weight is 354 g/mol. The number of carbonyl (C=O) groups excluding carboxylic acids is 1. The maximum Gasteiger partial charge on any atom is 0.341 e. The van der Waals surface area contributed by atoms with Gasteiger partial charge in [0.1, 0.15) is 5.75 Å². The van der Waals surface area contributed by atoms with Crippen LogP contribution < -0.4 is 10.5 Å². The number of carbonyl (C=O) groups is 2.